The Morgan fingerprint density at radius 1 is 1.14 bits per heavy atom. The molecule has 1 saturated heterocycles. The van der Waals surface area contributed by atoms with Crippen LogP contribution in [0, 0.1) is 5.92 Å². The van der Waals surface area contributed by atoms with E-state index in [1.807, 2.05) is 0 Å². The van der Waals surface area contributed by atoms with Crippen LogP contribution in [0.15, 0.2) is 41.5 Å². The minimum Gasteiger partial charge on any atom is -0.357 e. The van der Waals surface area contributed by atoms with Crippen molar-refractivity contribution in [3.8, 4) is 0 Å². The van der Waals surface area contributed by atoms with E-state index in [0.29, 0.717) is 5.92 Å². The maximum Gasteiger partial charge on any atom is 0.191 e. The lowest BCUT2D eigenvalue weighted by atomic mass is 10.1. The van der Waals surface area contributed by atoms with Gasteiger partial charge in [0.2, 0.25) is 0 Å². The molecule has 3 rings (SSSR count). The Bertz CT molecular complexity index is 727. The van der Waals surface area contributed by atoms with Crippen molar-refractivity contribution >= 4 is 40.8 Å². The third kappa shape index (κ3) is 6.65. The zero-order valence-corrected chi connectivity index (χ0v) is 19.7. The standard InChI is InChI=1S/C22H35N5.HI/c1-3-13-26-15-10-19(18-26)17-25-22(23-4-2)24-12-7-14-27-16-11-20-8-5-6-9-21(20)27;/h5-6,8-9,11,16,19H,3-4,7,10,12-15,17-18H2,1-2H3,(H2,23,24,25);1H. The first kappa shape index (κ1) is 23.0. The molecular weight excluding hydrogens is 461 g/mol. The molecule has 1 aromatic heterocycles. The van der Waals surface area contributed by atoms with Gasteiger partial charge in [0.15, 0.2) is 5.96 Å². The average molecular weight is 497 g/mol. The number of hydrogen-bond acceptors (Lipinski definition) is 2. The summed E-state index contributed by atoms with van der Waals surface area (Å²) in [5.41, 5.74) is 1.32. The van der Waals surface area contributed by atoms with E-state index in [4.69, 9.17) is 4.99 Å². The van der Waals surface area contributed by atoms with Crippen molar-refractivity contribution in [3.63, 3.8) is 0 Å². The molecule has 0 bridgehead atoms. The van der Waals surface area contributed by atoms with Crippen LogP contribution in [0.25, 0.3) is 10.9 Å². The highest BCUT2D eigenvalue weighted by molar-refractivity contribution is 14.0. The number of hydrogen-bond donors (Lipinski definition) is 2. The smallest absolute Gasteiger partial charge is 0.191 e. The Morgan fingerprint density at radius 3 is 2.82 bits per heavy atom. The number of nitrogens with one attached hydrogen (secondary N) is 2. The molecule has 1 aromatic carbocycles. The van der Waals surface area contributed by atoms with Crippen LogP contribution in [0.4, 0.5) is 0 Å². The molecule has 1 atom stereocenters. The lowest BCUT2D eigenvalue weighted by Gasteiger charge is -2.15. The quantitative estimate of drug-likeness (QED) is 0.239. The first-order chi connectivity index (χ1) is 13.3. The van der Waals surface area contributed by atoms with Crippen LogP contribution < -0.4 is 10.6 Å². The van der Waals surface area contributed by atoms with E-state index < -0.39 is 0 Å². The van der Waals surface area contributed by atoms with Gasteiger partial charge in [0.1, 0.15) is 0 Å². The minimum absolute atomic E-state index is 0. The number of guanidine groups is 1. The maximum absolute atomic E-state index is 4.84. The number of aromatic nitrogens is 1. The molecule has 1 aliphatic heterocycles. The zero-order valence-electron chi connectivity index (χ0n) is 17.4. The van der Waals surface area contributed by atoms with Crippen molar-refractivity contribution in [2.75, 3.05) is 39.3 Å². The second-order valence-electron chi connectivity index (χ2n) is 7.52. The molecule has 1 aliphatic rings. The van der Waals surface area contributed by atoms with Gasteiger partial charge in [-0.3, -0.25) is 4.99 Å². The number of benzene rings is 1. The molecular formula is C22H36IN5. The van der Waals surface area contributed by atoms with E-state index in [9.17, 15) is 0 Å². The lowest BCUT2D eigenvalue weighted by molar-refractivity contribution is 0.326. The summed E-state index contributed by atoms with van der Waals surface area (Å²) in [7, 11) is 0. The highest BCUT2D eigenvalue weighted by Gasteiger charge is 2.21. The number of likely N-dealkylation sites (tertiary alicyclic amines) is 1. The molecule has 1 unspecified atom stereocenters. The lowest BCUT2D eigenvalue weighted by Crippen LogP contribution is -2.38. The van der Waals surface area contributed by atoms with Crippen LogP contribution in [0.3, 0.4) is 0 Å². The maximum atomic E-state index is 4.84. The Hall–Kier alpha value is -1.28. The molecule has 2 heterocycles. The van der Waals surface area contributed by atoms with Crippen LogP contribution in [0.2, 0.25) is 0 Å². The van der Waals surface area contributed by atoms with Crippen molar-refractivity contribution in [2.24, 2.45) is 10.9 Å². The zero-order chi connectivity index (χ0) is 18.9. The van der Waals surface area contributed by atoms with Crippen LogP contribution in [-0.2, 0) is 6.54 Å². The summed E-state index contributed by atoms with van der Waals surface area (Å²) in [5.74, 6) is 1.67. The Kier molecular flexibility index (Phi) is 10.1. The normalized spacial score (nSPS) is 17.6. The van der Waals surface area contributed by atoms with Gasteiger partial charge in [-0.05, 0) is 62.7 Å². The van der Waals surface area contributed by atoms with E-state index >= 15 is 0 Å². The average Bonchev–Trinajstić information content (AvgIpc) is 3.30. The third-order valence-corrected chi connectivity index (χ3v) is 5.31. The Morgan fingerprint density at radius 2 is 2.00 bits per heavy atom. The van der Waals surface area contributed by atoms with Crippen molar-refractivity contribution < 1.29 is 0 Å². The van der Waals surface area contributed by atoms with Crippen LogP contribution >= 0.6 is 24.0 Å². The van der Waals surface area contributed by atoms with Gasteiger partial charge in [-0.1, -0.05) is 25.1 Å². The minimum atomic E-state index is 0. The molecule has 0 amide bonds. The number of aliphatic imine (C=N–C) groups is 1. The first-order valence-electron chi connectivity index (χ1n) is 10.6. The highest BCUT2D eigenvalue weighted by atomic mass is 127. The fourth-order valence-electron chi connectivity index (χ4n) is 3.94. The summed E-state index contributed by atoms with van der Waals surface area (Å²) in [6.07, 6.45) is 5.80. The van der Waals surface area contributed by atoms with Gasteiger partial charge in [0.05, 0.1) is 0 Å². The van der Waals surface area contributed by atoms with Gasteiger partial charge in [-0.2, -0.15) is 0 Å². The van der Waals surface area contributed by atoms with E-state index in [1.165, 1.54) is 43.4 Å². The third-order valence-electron chi connectivity index (χ3n) is 5.31. The number of para-hydroxylation sites is 1. The molecule has 0 saturated carbocycles. The van der Waals surface area contributed by atoms with E-state index in [-0.39, 0.29) is 24.0 Å². The number of halogens is 1. The molecule has 156 valence electrons. The molecule has 6 heteroatoms. The largest absolute Gasteiger partial charge is 0.357 e. The predicted molar refractivity (Wildman–Crippen MR) is 131 cm³/mol. The number of nitrogens with zero attached hydrogens (tertiary/aromatic N) is 3. The summed E-state index contributed by atoms with van der Waals surface area (Å²) in [6.45, 7) is 11.8. The van der Waals surface area contributed by atoms with Crippen LogP contribution in [0.5, 0.6) is 0 Å². The van der Waals surface area contributed by atoms with E-state index in [1.54, 1.807) is 0 Å². The molecule has 0 radical (unpaired) electrons. The molecule has 28 heavy (non-hydrogen) atoms. The Balaban J connectivity index is 0.00000280. The van der Waals surface area contributed by atoms with Crippen molar-refractivity contribution in [2.45, 2.75) is 39.7 Å². The molecule has 2 aromatic rings. The Labute approximate surface area is 187 Å². The monoisotopic (exact) mass is 497 g/mol. The van der Waals surface area contributed by atoms with Crippen molar-refractivity contribution in [1.82, 2.24) is 20.1 Å². The number of fused-ring (bicyclic) bond motifs is 1. The van der Waals surface area contributed by atoms with Gasteiger partial charge in [0, 0.05) is 44.4 Å². The van der Waals surface area contributed by atoms with Gasteiger partial charge in [-0.15, -0.1) is 24.0 Å². The summed E-state index contributed by atoms with van der Waals surface area (Å²) in [5, 5.41) is 8.20. The SMILES string of the molecule is CCCN1CCC(CN=C(NCC)NCCCn2ccc3ccccc32)C1.I. The van der Waals surface area contributed by atoms with Crippen molar-refractivity contribution in [3.05, 3.63) is 36.5 Å². The fraction of sp³-hybridized carbons (Fsp3) is 0.591. The molecule has 1 fully saturated rings. The van der Waals surface area contributed by atoms with Gasteiger partial charge < -0.3 is 20.1 Å². The molecule has 5 nitrogen and oxygen atoms in total. The number of rotatable bonds is 9. The van der Waals surface area contributed by atoms with E-state index in [2.05, 4.69) is 70.5 Å². The molecule has 0 aliphatic carbocycles. The van der Waals surface area contributed by atoms with Crippen LogP contribution in [-0.4, -0.2) is 54.7 Å². The summed E-state index contributed by atoms with van der Waals surface area (Å²) >= 11 is 0. The fourth-order valence-corrected chi connectivity index (χ4v) is 3.94. The second kappa shape index (κ2) is 12.3. The molecule has 2 N–H and O–H groups in total. The molecule has 0 spiro atoms. The summed E-state index contributed by atoms with van der Waals surface area (Å²) in [6, 6.07) is 10.8. The summed E-state index contributed by atoms with van der Waals surface area (Å²) in [4.78, 5) is 7.41. The van der Waals surface area contributed by atoms with Gasteiger partial charge >= 0.3 is 0 Å². The van der Waals surface area contributed by atoms with E-state index in [0.717, 1.165) is 38.6 Å². The summed E-state index contributed by atoms with van der Waals surface area (Å²) < 4.78 is 2.34. The van der Waals surface area contributed by atoms with Crippen LogP contribution in [0.1, 0.15) is 33.1 Å². The number of aryl methyl sites for hydroxylation is 1. The predicted octanol–water partition coefficient (Wildman–Crippen LogP) is 3.94. The first-order valence-corrected chi connectivity index (χ1v) is 10.6. The van der Waals surface area contributed by atoms with Gasteiger partial charge in [-0.25, -0.2) is 0 Å². The highest BCUT2D eigenvalue weighted by Crippen LogP contribution is 2.17. The van der Waals surface area contributed by atoms with Gasteiger partial charge in [0.25, 0.3) is 0 Å². The topological polar surface area (TPSA) is 44.6 Å². The van der Waals surface area contributed by atoms with Crippen molar-refractivity contribution in [1.29, 1.82) is 0 Å². The second-order valence-corrected chi connectivity index (χ2v) is 7.52.